The largest absolute Gasteiger partial charge is 0.363 e. The van der Waals surface area contributed by atoms with E-state index >= 15 is 0 Å². The molecule has 2 heterocycles. The topological polar surface area (TPSA) is 41.6 Å². The van der Waals surface area contributed by atoms with Crippen molar-refractivity contribution >= 4 is 17.2 Å². The molecule has 1 N–H and O–H groups in total. The molecule has 1 aromatic heterocycles. The fourth-order valence-corrected chi connectivity index (χ4v) is 2.41. The zero-order chi connectivity index (χ0) is 12.3. The molecule has 4 nitrogen and oxygen atoms in total. The first kappa shape index (κ1) is 12.5. The van der Waals surface area contributed by atoms with Crippen molar-refractivity contribution < 1.29 is 9.53 Å². The Morgan fingerprint density at radius 2 is 2.41 bits per heavy atom. The Kier molecular flexibility index (Phi) is 3.81. The number of hydrogen-bond donors (Lipinski definition) is 1. The summed E-state index contributed by atoms with van der Waals surface area (Å²) in [5.41, 5.74) is -0.153. The number of amides is 1. The van der Waals surface area contributed by atoms with Gasteiger partial charge in [0.25, 0.3) is 0 Å². The summed E-state index contributed by atoms with van der Waals surface area (Å²) in [7, 11) is 1.81. The molecule has 1 aliphatic heterocycles. The van der Waals surface area contributed by atoms with Crippen molar-refractivity contribution in [2.45, 2.75) is 19.1 Å². The first-order valence-electron chi connectivity index (χ1n) is 5.70. The van der Waals surface area contributed by atoms with Crippen LogP contribution in [0.5, 0.6) is 0 Å². The summed E-state index contributed by atoms with van der Waals surface area (Å²) < 4.78 is 5.62. The third-order valence-corrected chi connectivity index (χ3v) is 3.80. The summed E-state index contributed by atoms with van der Waals surface area (Å²) in [6.45, 7) is 4.51. The standard InChI is InChI=1S/C12H18N2O2S/c1-12(8-13-9-12)16-7-11(15)14(2)6-10-4-3-5-17-10/h3-5,13H,6-9H2,1-2H3. The molecule has 0 unspecified atom stereocenters. The number of likely N-dealkylation sites (N-methyl/N-ethyl adjacent to an activating group) is 1. The molecule has 1 saturated heterocycles. The number of nitrogens with zero attached hydrogens (tertiary/aromatic N) is 1. The maximum Gasteiger partial charge on any atom is 0.248 e. The Morgan fingerprint density at radius 3 is 2.94 bits per heavy atom. The lowest BCUT2D eigenvalue weighted by atomic mass is 10.0. The molecule has 94 valence electrons. The minimum atomic E-state index is -0.153. The Morgan fingerprint density at radius 1 is 1.65 bits per heavy atom. The normalized spacial score (nSPS) is 17.5. The first-order chi connectivity index (χ1) is 8.09. The van der Waals surface area contributed by atoms with E-state index < -0.39 is 0 Å². The molecular formula is C12H18N2O2S. The summed E-state index contributed by atoms with van der Waals surface area (Å²) in [5, 5.41) is 5.16. The number of carbonyl (C=O) groups is 1. The highest BCUT2D eigenvalue weighted by atomic mass is 32.1. The highest BCUT2D eigenvalue weighted by Gasteiger charge is 2.33. The average Bonchev–Trinajstić information content (AvgIpc) is 2.75. The number of hydrogen-bond acceptors (Lipinski definition) is 4. The SMILES string of the molecule is CN(Cc1cccs1)C(=O)COC1(C)CNC1. The van der Waals surface area contributed by atoms with Gasteiger partial charge in [0.05, 0.1) is 12.1 Å². The number of ether oxygens (including phenoxy) is 1. The van der Waals surface area contributed by atoms with Crippen LogP contribution in [0.15, 0.2) is 17.5 Å². The van der Waals surface area contributed by atoms with Gasteiger partial charge in [-0.05, 0) is 18.4 Å². The molecule has 1 fully saturated rings. The molecular weight excluding hydrogens is 236 g/mol. The highest BCUT2D eigenvalue weighted by molar-refractivity contribution is 7.09. The molecule has 1 aliphatic rings. The molecule has 17 heavy (non-hydrogen) atoms. The Balaban J connectivity index is 1.75. The van der Waals surface area contributed by atoms with E-state index in [1.807, 2.05) is 31.5 Å². The van der Waals surface area contributed by atoms with Crippen LogP contribution in [-0.2, 0) is 16.1 Å². The van der Waals surface area contributed by atoms with Crippen LogP contribution >= 0.6 is 11.3 Å². The van der Waals surface area contributed by atoms with Crippen molar-refractivity contribution in [1.29, 1.82) is 0 Å². The first-order valence-corrected chi connectivity index (χ1v) is 6.58. The van der Waals surface area contributed by atoms with Gasteiger partial charge in [-0.25, -0.2) is 0 Å². The molecule has 0 radical (unpaired) electrons. The molecule has 0 bridgehead atoms. The lowest BCUT2D eigenvalue weighted by Gasteiger charge is -2.39. The van der Waals surface area contributed by atoms with Gasteiger partial charge in [-0.3, -0.25) is 4.79 Å². The van der Waals surface area contributed by atoms with Crippen LogP contribution in [0.4, 0.5) is 0 Å². The minimum absolute atomic E-state index is 0.0338. The molecule has 0 spiro atoms. The van der Waals surface area contributed by atoms with Crippen molar-refractivity contribution in [3.63, 3.8) is 0 Å². The lowest BCUT2D eigenvalue weighted by Crippen LogP contribution is -2.59. The van der Waals surface area contributed by atoms with Crippen molar-refractivity contribution in [3.05, 3.63) is 22.4 Å². The molecule has 0 atom stereocenters. The van der Waals surface area contributed by atoms with Crippen LogP contribution in [0.1, 0.15) is 11.8 Å². The van der Waals surface area contributed by atoms with Crippen LogP contribution in [0.25, 0.3) is 0 Å². The average molecular weight is 254 g/mol. The Bertz CT molecular complexity index is 374. The number of carbonyl (C=O) groups excluding carboxylic acids is 1. The molecule has 0 saturated carbocycles. The van der Waals surface area contributed by atoms with E-state index in [2.05, 4.69) is 5.32 Å². The summed E-state index contributed by atoms with van der Waals surface area (Å²) in [5.74, 6) is 0.0338. The van der Waals surface area contributed by atoms with Gasteiger partial charge in [-0.1, -0.05) is 6.07 Å². The Labute approximate surface area is 106 Å². The van der Waals surface area contributed by atoms with Crippen LogP contribution in [-0.4, -0.2) is 43.2 Å². The van der Waals surface area contributed by atoms with Crippen LogP contribution in [0, 0.1) is 0 Å². The van der Waals surface area contributed by atoms with E-state index in [1.54, 1.807) is 16.2 Å². The van der Waals surface area contributed by atoms with E-state index in [-0.39, 0.29) is 18.1 Å². The lowest BCUT2D eigenvalue weighted by molar-refractivity contribution is -0.145. The molecule has 0 aliphatic carbocycles. The predicted octanol–water partition coefficient (Wildman–Crippen LogP) is 1.09. The fraction of sp³-hybridized carbons (Fsp3) is 0.583. The van der Waals surface area contributed by atoms with E-state index in [9.17, 15) is 4.79 Å². The maximum absolute atomic E-state index is 11.8. The van der Waals surface area contributed by atoms with Crippen molar-refractivity contribution in [2.24, 2.45) is 0 Å². The van der Waals surface area contributed by atoms with Gasteiger partial charge in [0.1, 0.15) is 6.61 Å². The number of thiophene rings is 1. The van der Waals surface area contributed by atoms with Gasteiger partial charge in [-0.2, -0.15) is 0 Å². The van der Waals surface area contributed by atoms with Gasteiger partial charge >= 0.3 is 0 Å². The number of rotatable bonds is 5. The van der Waals surface area contributed by atoms with E-state index in [0.717, 1.165) is 13.1 Å². The van der Waals surface area contributed by atoms with Crippen LogP contribution in [0.3, 0.4) is 0 Å². The maximum atomic E-state index is 11.8. The second kappa shape index (κ2) is 5.16. The smallest absolute Gasteiger partial charge is 0.248 e. The van der Waals surface area contributed by atoms with Gasteiger partial charge in [0, 0.05) is 25.0 Å². The highest BCUT2D eigenvalue weighted by Crippen LogP contribution is 2.15. The van der Waals surface area contributed by atoms with Gasteiger partial charge in [0.15, 0.2) is 0 Å². The zero-order valence-electron chi connectivity index (χ0n) is 10.2. The Hall–Kier alpha value is -0.910. The van der Waals surface area contributed by atoms with Crippen LogP contribution < -0.4 is 5.32 Å². The minimum Gasteiger partial charge on any atom is -0.363 e. The van der Waals surface area contributed by atoms with Gasteiger partial charge in [-0.15, -0.1) is 11.3 Å². The fourth-order valence-electron chi connectivity index (χ4n) is 1.65. The van der Waals surface area contributed by atoms with E-state index in [4.69, 9.17) is 4.74 Å². The quantitative estimate of drug-likeness (QED) is 0.855. The molecule has 1 aromatic rings. The second-order valence-electron chi connectivity index (χ2n) is 4.67. The molecule has 0 aromatic carbocycles. The summed E-state index contributed by atoms with van der Waals surface area (Å²) >= 11 is 1.66. The van der Waals surface area contributed by atoms with Gasteiger partial charge in [0.2, 0.25) is 5.91 Å². The van der Waals surface area contributed by atoms with Crippen molar-refractivity contribution in [1.82, 2.24) is 10.2 Å². The van der Waals surface area contributed by atoms with Crippen molar-refractivity contribution in [3.8, 4) is 0 Å². The second-order valence-corrected chi connectivity index (χ2v) is 5.70. The van der Waals surface area contributed by atoms with E-state index in [0.29, 0.717) is 6.54 Å². The molecule has 1 amide bonds. The number of nitrogens with one attached hydrogen (secondary N) is 1. The summed E-state index contributed by atoms with van der Waals surface area (Å²) in [6, 6.07) is 4.03. The van der Waals surface area contributed by atoms with Crippen molar-refractivity contribution in [2.75, 3.05) is 26.7 Å². The summed E-state index contributed by atoms with van der Waals surface area (Å²) in [4.78, 5) is 14.7. The zero-order valence-corrected chi connectivity index (χ0v) is 11.0. The monoisotopic (exact) mass is 254 g/mol. The molecule has 5 heteroatoms. The third kappa shape index (κ3) is 3.28. The van der Waals surface area contributed by atoms with Gasteiger partial charge < -0.3 is 15.0 Å². The van der Waals surface area contributed by atoms with E-state index in [1.165, 1.54) is 4.88 Å². The molecule has 2 rings (SSSR count). The predicted molar refractivity (Wildman–Crippen MR) is 68.0 cm³/mol. The van der Waals surface area contributed by atoms with Crippen LogP contribution in [0.2, 0.25) is 0 Å². The third-order valence-electron chi connectivity index (χ3n) is 2.94. The summed E-state index contributed by atoms with van der Waals surface area (Å²) in [6.07, 6.45) is 0.